The molecule has 1 N–H and O–H groups in total. The number of hydrogen-bond donors (Lipinski definition) is 1. The quantitative estimate of drug-likeness (QED) is 0.699. The number of nitrogens with one attached hydrogen (secondary N) is 1. The molecule has 7 heteroatoms. The van der Waals surface area contributed by atoms with Gasteiger partial charge in [0.2, 0.25) is 5.91 Å². The van der Waals surface area contributed by atoms with Crippen LogP contribution in [0.3, 0.4) is 0 Å². The molecule has 0 unspecified atom stereocenters. The van der Waals surface area contributed by atoms with E-state index < -0.39 is 0 Å². The third-order valence-corrected chi connectivity index (χ3v) is 4.82. The van der Waals surface area contributed by atoms with Gasteiger partial charge in [0.25, 0.3) is 5.56 Å². The molecule has 0 saturated carbocycles. The number of nitrogens with zero attached hydrogens (tertiary/aromatic N) is 2. The summed E-state index contributed by atoms with van der Waals surface area (Å²) >= 11 is 7.46. The highest BCUT2D eigenvalue weighted by Gasteiger charge is 2.08. The molecule has 0 saturated heterocycles. The smallest absolute Gasteiger partial charge is 0.258 e. The molecule has 1 aromatic carbocycles. The molecular formula is C18H16ClN3O2S. The van der Waals surface area contributed by atoms with E-state index in [1.54, 1.807) is 23.5 Å². The average molecular weight is 374 g/mol. The minimum absolute atomic E-state index is 0.0938. The molecule has 0 bridgehead atoms. The second-order valence-corrected chi connectivity index (χ2v) is 6.72. The number of rotatable bonds is 5. The van der Waals surface area contributed by atoms with Crippen molar-refractivity contribution < 1.29 is 4.79 Å². The Morgan fingerprint density at radius 2 is 2.20 bits per heavy atom. The van der Waals surface area contributed by atoms with E-state index in [0.29, 0.717) is 28.6 Å². The molecule has 3 rings (SSSR count). The van der Waals surface area contributed by atoms with Crippen LogP contribution >= 0.6 is 22.9 Å². The van der Waals surface area contributed by atoms with Crippen molar-refractivity contribution in [3.63, 3.8) is 0 Å². The summed E-state index contributed by atoms with van der Waals surface area (Å²) in [4.78, 5) is 29.0. The fourth-order valence-corrected chi connectivity index (χ4v) is 3.58. The van der Waals surface area contributed by atoms with Gasteiger partial charge in [-0.15, -0.1) is 11.3 Å². The summed E-state index contributed by atoms with van der Waals surface area (Å²) in [5.41, 5.74) is 2.24. The second-order valence-electron chi connectivity index (χ2n) is 5.48. The van der Waals surface area contributed by atoms with Crippen molar-refractivity contribution in [3.8, 4) is 0 Å². The lowest BCUT2D eigenvalue weighted by molar-refractivity contribution is -0.116. The van der Waals surface area contributed by atoms with Gasteiger partial charge in [0.1, 0.15) is 0 Å². The summed E-state index contributed by atoms with van der Waals surface area (Å²) in [6.07, 6.45) is 3.68. The van der Waals surface area contributed by atoms with Gasteiger partial charge < -0.3 is 5.32 Å². The molecule has 2 aromatic heterocycles. The van der Waals surface area contributed by atoms with Crippen LogP contribution in [0.5, 0.6) is 0 Å². The van der Waals surface area contributed by atoms with Gasteiger partial charge in [-0.3, -0.25) is 14.0 Å². The Bertz CT molecular complexity index is 1010. The number of carbonyl (C=O) groups is 1. The van der Waals surface area contributed by atoms with Crippen LogP contribution in [0.15, 0.2) is 46.6 Å². The molecular weight excluding hydrogens is 358 g/mol. The molecule has 0 aliphatic carbocycles. The van der Waals surface area contributed by atoms with Gasteiger partial charge in [-0.1, -0.05) is 29.8 Å². The Kier molecular flexibility index (Phi) is 5.31. The first-order valence-electron chi connectivity index (χ1n) is 7.72. The highest BCUT2D eigenvalue weighted by Crippen LogP contribution is 2.16. The van der Waals surface area contributed by atoms with Gasteiger partial charge in [-0.05, 0) is 24.6 Å². The van der Waals surface area contributed by atoms with Gasteiger partial charge in [0, 0.05) is 46.9 Å². The van der Waals surface area contributed by atoms with E-state index in [-0.39, 0.29) is 11.5 Å². The monoisotopic (exact) mass is 373 g/mol. The van der Waals surface area contributed by atoms with Crippen LogP contribution in [0.2, 0.25) is 5.02 Å². The van der Waals surface area contributed by atoms with Crippen molar-refractivity contribution in [2.24, 2.45) is 0 Å². The van der Waals surface area contributed by atoms with Crippen molar-refractivity contribution in [2.45, 2.75) is 13.3 Å². The van der Waals surface area contributed by atoms with Crippen molar-refractivity contribution >= 4 is 39.9 Å². The number of aromatic nitrogens is 2. The Hall–Kier alpha value is -2.44. The molecule has 128 valence electrons. The molecule has 5 nitrogen and oxygen atoms in total. The van der Waals surface area contributed by atoms with Crippen molar-refractivity contribution in [3.05, 3.63) is 74.1 Å². The summed E-state index contributed by atoms with van der Waals surface area (Å²) in [5, 5.41) is 5.30. The fraction of sp³-hybridized carbons (Fsp3) is 0.167. The summed E-state index contributed by atoms with van der Waals surface area (Å²) in [5.74, 6) is -0.208. The fourth-order valence-electron chi connectivity index (χ4n) is 2.41. The Morgan fingerprint density at radius 3 is 3.00 bits per heavy atom. The van der Waals surface area contributed by atoms with Crippen molar-refractivity contribution in [1.82, 2.24) is 14.7 Å². The van der Waals surface area contributed by atoms with Crippen LogP contribution in [0.1, 0.15) is 17.0 Å². The number of benzene rings is 1. The predicted octanol–water partition coefficient (Wildman–Crippen LogP) is 3.09. The van der Waals surface area contributed by atoms with Crippen LogP contribution < -0.4 is 10.9 Å². The van der Waals surface area contributed by atoms with E-state index >= 15 is 0 Å². The molecule has 0 atom stereocenters. The van der Waals surface area contributed by atoms with Crippen LogP contribution in [0, 0.1) is 6.92 Å². The van der Waals surface area contributed by atoms with E-state index in [1.807, 2.05) is 23.6 Å². The number of carbonyl (C=O) groups excluding carboxylic acids is 1. The van der Waals surface area contributed by atoms with Gasteiger partial charge >= 0.3 is 0 Å². The molecule has 3 aromatic rings. The number of halogens is 1. The zero-order valence-corrected chi connectivity index (χ0v) is 15.1. The van der Waals surface area contributed by atoms with Crippen LogP contribution in [0.4, 0.5) is 0 Å². The topological polar surface area (TPSA) is 63.5 Å². The predicted molar refractivity (Wildman–Crippen MR) is 101 cm³/mol. The molecule has 2 heterocycles. The number of aryl methyl sites for hydroxylation is 1. The standard InChI is InChI=1S/C18H16ClN3O2S/c1-12-10-17(24)22-14(11-25-18(22)21-12)8-9-20-16(23)7-6-13-4-2-3-5-15(13)19/h2-7,10-11H,8-9H2,1H3,(H,20,23)/b7-6+. The summed E-state index contributed by atoms with van der Waals surface area (Å²) in [7, 11) is 0. The zero-order chi connectivity index (χ0) is 17.8. The first kappa shape index (κ1) is 17.4. The summed E-state index contributed by atoms with van der Waals surface area (Å²) < 4.78 is 1.59. The van der Waals surface area contributed by atoms with E-state index in [2.05, 4.69) is 10.3 Å². The molecule has 0 fully saturated rings. The van der Waals surface area contributed by atoms with Crippen molar-refractivity contribution in [1.29, 1.82) is 0 Å². The average Bonchev–Trinajstić information content (AvgIpc) is 2.97. The SMILES string of the molecule is Cc1cc(=O)n2c(CCNC(=O)/C=C/c3ccccc3Cl)csc2n1. The summed E-state index contributed by atoms with van der Waals surface area (Å²) in [6, 6.07) is 8.81. The molecule has 1 amide bonds. The minimum atomic E-state index is -0.208. The third kappa shape index (κ3) is 4.15. The van der Waals surface area contributed by atoms with Crippen LogP contribution in [-0.2, 0) is 11.2 Å². The largest absolute Gasteiger partial charge is 0.352 e. The number of thiazole rings is 1. The van der Waals surface area contributed by atoms with E-state index in [1.165, 1.54) is 23.5 Å². The number of hydrogen-bond acceptors (Lipinski definition) is 4. The second kappa shape index (κ2) is 7.63. The molecule has 0 radical (unpaired) electrons. The van der Waals surface area contributed by atoms with Gasteiger partial charge in [-0.25, -0.2) is 4.98 Å². The maximum Gasteiger partial charge on any atom is 0.258 e. The van der Waals surface area contributed by atoms with Gasteiger partial charge in [0.05, 0.1) is 0 Å². The Morgan fingerprint density at radius 1 is 1.40 bits per heavy atom. The molecule has 0 aliphatic rings. The lowest BCUT2D eigenvalue weighted by atomic mass is 10.2. The maximum absolute atomic E-state index is 12.1. The number of fused-ring (bicyclic) bond motifs is 1. The van der Waals surface area contributed by atoms with Crippen molar-refractivity contribution in [2.75, 3.05) is 6.54 Å². The summed E-state index contributed by atoms with van der Waals surface area (Å²) in [6.45, 7) is 2.23. The van der Waals surface area contributed by atoms with Gasteiger partial charge in [-0.2, -0.15) is 0 Å². The zero-order valence-electron chi connectivity index (χ0n) is 13.5. The molecule has 0 aliphatic heterocycles. The normalized spacial score (nSPS) is 11.3. The van der Waals surface area contributed by atoms with E-state index in [4.69, 9.17) is 11.6 Å². The van der Waals surface area contributed by atoms with Crippen LogP contribution in [0.25, 0.3) is 11.0 Å². The Labute approximate surface area is 153 Å². The minimum Gasteiger partial charge on any atom is -0.352 e. The molecule has 25 heavy (non-hydrogen) atoms. The Balaban J connectivity index is 1.61. The van der Waals surface area contributed by atoms with Crippen LogP contribution in [-0.4, -0.2) is 21.8 Å². The lowest BCUT2D eigenvalue weighted by Gasteiger charge is -2.03. The highest BCUT2D eigenvalue weighted by molar-refractivity contribution is 7.15. The van der Waals surface area contributed by atoms with E-state index in [9.17, 15) is 9.59 Å². The van der Waals surface area contributed by atoms with E-state index in [0.717, 1.165) is 11.3 Å². The maximum atomic E-state index is 12.1. The first-order valence-corrected chi connectivity index (χ1v) is 8.97. The van der Waals surface area contributed by atoms with Gasteiger partial charge in [0.15, 0.2) is 4.96 Å². The molecule has 0 spiro atoms. The third-order valence-electron chi connectivity index (χ3n) is 3.60. The highest BCUT2D eigenvalue weighted by atomic mass is 35.5. The number of amides is 1. The lowest BCUT2D eigenvalue weighted by Crippen LogP contribution is -2.25. The first-order chi connectivity index (χ1) is 12.0.